The average molecular weight is 471 g/mol. The summed E-state index contributed by atoms with van der Waals surface area (Å²) >= 11 is 0. The molecule has 1 saturated heterocycles. The van der Waals surface area contributed by atoms with Crippen molar-refractivity contribution in [2.45, 2.75) is 43.5 Å². The summed E-state index contributed by atoms with van der Waals surface area (Å²) in [5.74, 6) is -0.452. The molecule has 33 heavy (non-hydrogen) atoms. The number of hydrogen-bond acceptors (Lipinski definition) is 5. The quantitative estimate of drug-likeness (QED) is 0.617. The summed E-state index contributed by atoms with van der Waals surface area (Å²) in [5.41, 5.74) is 2.74. The lowest BCUT2D eigenvalue weighted by Gasteiger charge is -2.31. The van der Waals surface area contributed by atoms with Crippen molar-refractivity contribution in [3.63, 3.8) is 0 Å². The van der Waals surface area contributed by atoms with Gasteiger partial charge in [-0.2, -0.15) is 4.31 Å². The van der Waals surface area contributed by atoms with Crippen molar-refractivity contribution >= 4 is 39.1 Å². The van der Waals surface area contributed by atoms with E-state index in [0.717, 1.165) is 11.3 Å². The van der Waals surface area contributed by atoms with Crippen LogP contribution in [0.15, 0.2) is 47.4 Å². The van der Waals surface area contributed by atoms with Crippen molar-refractivity contribution in [2.24, 2.45) is 0 Å². The molecule has 0 bridgehead atoms. The zero-order valence-corrected chi connectivity index (χ0v) is 19.1. The molecule has 0 atom stereocenters. The number of carbonyl (C=O) groups is 3. The minimum Gasteiger partial charge on any atom is -0.349 e. The lowest BCUT2D eigenvalue weighted by atomic mass is 9.99. The van der Waals surface area contributed by atoms with Gasteiger partial charge in [0.15, 0.2) is 0 Å². The molecule has 1 fully saturated rings. The lowest BCUT2D eigenvalue weighted by Crippen LogP contribution is -2.46. The standard InChI is InChI=1S/C23H26N4O5S/c1-15(28)24-18-4-6-20(7-5-18)33(31,32)27-12-10-19(11-13-27)25-23(30)17-2-8-21-16(14-17)3-9-22(29)26-21/h2,4-8,14,19H,3,9-13H2,1H3,(H,24,28)(H,25,30)(H,26,29). The first-order valence-electron chi connectivity index (χ1n) is 10.8. The second-order valence-corrected chi connectivity index (χ2v) is 10.2. The van der Waals surface area contributed by atoms with Crippen LogP contribution in [0.4, 0.5) is 11.4 Å². The molecule has 0 saturated carbocycles. The monoisotopic (exact) mass is 470 g/mol. The van der Waals surface area contributed by atoms with E-state index in [0.29, 0.717) is 50.0 Å². The number of aryl methyl sites for hydroxylation is 1. The summed E-state index contributed by atoms with van der Waals surface area (Å²) in [6.07, 6.45) is 2.02. The van der Waals surface area contributed by atoms with E-state index in [1.165, 1.54) is 23.4 Å². The first-order chi connectivity index (χ1) is 15.7. The SMILES string of the molecule is CC(=O)Nc1ccc(S(=O)(=O)N2CCC(NC(=O)c3ccc4c(c3)CCC(=O)N4)CC2)cc1. The normalized spacial score (nSPS) is 17.1. The molecular formula is C23H26N4O5S. The van der Waals surface area contributed by atoms with Gasteiger partial charge in [0.05, 0.1) is 4.90 Å². The molecule has 2 aliphatic heterocycles. The van der Waals surface area contributed by atoms with Crippen molar-refractivity contribution in [3.05, 3.63) is 53.6 Å². The Balaban J connectivity index is 1.34. The van der Waals surface area contributed by atoms with E-state index in [-0.39, 0.29) is 28.7 Å². The molecule has 2 aromatic carbocycles. The van der Waals surface area contributed by atoms with Gasteiger partial charge in [-0.3, -0.25) is 14.4 Å². The smallest absolute Gasteiger partial charge is 0.251 e. The summed E-state index contributed by atoms with van der Waals surface area (Å²) in [4.78, 5) is 35.5. The minimum absolute atomic E-state index is 0.0231. The summed E-state index contributed by atoms with van der Waals surface area (Å²) < 4.78 is 27.3. The van der Waals surface area contributed by atoms with Gasteiger partial charge in [0.1, 0.15) is 0 Å². The van der Waals surface area contributed by atoms with Gasteiger partial charge in [0, 0.05) is 49.4 Å². The van der Waals surface area contributed by atoms with Gasteiger partial charge < -0.3 is 16.0 Å². The number of nitrogens with zero attached hydrogens (tertiary/aromatic N) is 1. The summed E-state index contributed by atoms with van der Waals surface area (Å²) in [6.45, 7) is 1.99. The number of fused-ring (bicyclic) bond motifs is 1. The topological polar surface area (TPSA) is 125 Å². The molecular weight excluding hydrogens is 444 g/mol. The number of piperidine rings is 1. The Bertz CT molecular complexity index is 1190. The number of rotatable bonds is 5. The number of amides is 3. The molecule has 0 radical (unpaired) electrons. The third-order valence-electron chi connectivity index (χ3n) is 5.86. The second kappa shape index (κ2) is 9.32. The maximum atomic E-state index is 13.0. The van der Waals surface area contributed by atoms with Crippen LogP contribution in [0.3, 0.4) is 0 Å². The van der Waals surface area contributed by atoms with E-state index in [4.69, 9.17) is 0 Å². The van der Waals surface area contributed by atoms with Crippen molar-refractivity contribution in [2.75, 3.05) is 23.7 Å². The molecule has 3 amide bonds. The highest BCUT2D eigenvalue weighted by atomic mass is 32.2. The van der Waals surface area contributed by atoms with Crippen LogP contribution in [-0.4, -0.2) is 49.6 Å². The molecule has 10 heteroatoms. The predicted molar refractivity (Wildman–Crippen MR) is 123 cm³/mol. The summed E-state index contributed by atoms with van der Waals surface area (Å²) in [7, 11) is -3.65. The maximum Gasteiger partial charge on any atom is 0.251 e. The van der Waals surface area contributed by atoms with Crippen LogP contribution < -0.4 is 16.0 Å². The largest absolute Gasteiger partial charge is 0.349 e. The van der Waals surface area contributed by atoms with Crippen molar-refractivity contribution in [1.29, 1.82) is 0 Å². The molecule has 2 heterocycles. The third-order valence-corrected chi connectivity index (χ3v) is 7.78. The molecule has 2 aromatic rings. The molecule has 2 aliphatic rings. The van der Waals surface area contributed by atoms with Crippen molar-refractivity contribution in [3.8, 4) is 0 Å². The van der Waals surface area contributed by atoms with Gasteiger partial charge in [-0.25, -0.2) is 8.42 Å². The second-order valence-electron chi connectivity index (χ2n) is 8.28. The number of anilines is 2. The number of hydrogen-bond donors (Lipinski definition) is 3. The highest BCUT2D eigenvalue weighted by Gasteiger charge is 2.30. The highest BCUT2D eigenvalue weighted by molar-refractivity contribution is 7.89. The molecule has 0 spiro atoms. The van der Waals surface area contributed by atoms with Crippen molar-refractivity contribution < 1.29 is 22.8 Å². The van der Waals surface area contributed by atoms with E-state index < -0.39 is 10.0 Å². The molecule has 0 aromatic heterocycles. The zero-order chi connectivity index (χ0) is 23.6. The number of carbonyl (C=O) groups excluding carboxylic acids is 3. The number of benzene rings is 2. The van der Waals surface area contributed by atoms with Crippen LogP contribution in [0.1, 0.15) is 42.1 Å². The summed E-state index contributed by atoms with van der Waals surface area (Å²) in [6, 6.07) is 11.2. The van der Waals surface area contributed by atoms with E-state index in [2.05, 4.69) is 16.0 Å². The van der Waals surface area contributed by atoms with Crippen LogP contribution in [0.5, 0.6) is 0 Å². The number of nitrogens with one attached hydrogen (secondary N) is 3. The molecule has 9 nitrogen and oxygen atoms in total. The summed E-state index contributed by atoms with van der Waals surface area (Å²) in [5, 5.41) is 8.41. The Morgan fingerprint density at radius 2 is 1.73 bits per heavy atom. The molecule has 3 N–H and O–H groups in total. The van der Waals surface area contributed by atoms with Crippen LogP contribution in [0.2, 0.25) is 0 Å². The first-order valence-corrected chi connectivity index (χ1v) is 12.3. The fraction of sp³-hybridized carbons (Fsp3) is 0.348. The van der Waals surface area contributed by atoms with Crippen LogP contribution in [0, 0.1) is 0 Å². The van der Waals surface area contributed by atoms with Gasteiger partial charge in [-0.05, 0) is 67.3 Å². The third kappa shape index (κ3) is 5.23. The van der Waals surface area contributed by atoms with E-state index in [1.807, 2.05) is 0 Å². The highest BCUT2D eigenvalue weighted by Crippen LogP contribution is 2.25. The Hall–Kier alpha value is -3.24. The molecule has 0 aliphatic carbocycles. The van der Waals surface area contributed by atoms with E-state index in [1.54, 1.807) is 30.3 Å². The van der Waals surface area contributed by atoms with Gasteiger partial charge >= 0.3 is 0 Å². The lowest BCUT2D eigenvalue weighted by molar-refractivity contribution is -0.116. The van der Waals surface area contributed by atoms with Crippen LogP contribution in [-0.2, 0) is 26.0 Å². The zero-order valence-electron chi connectivity index (χ0n) is 18.3. The van der Waals surface area contributed by atoms with Crippen LogP contribution >= 0.6 is 0 Å². The van der Waals surface area contributed by atoms with Gasteiger partial charge in [0.2, 0.25) is 21.8 Å². The van der Waals surface area contributed by atoms with Gasteiger partial charge in [-0.15, -0.1) is 0 Å². The minimum atomic E-state index is -3.65. The average Bonchev–Trinajstić information content (AvgIpc) is 2.79. The van der Waals surface area contributed by atoms with E-state index >= 15 is 0 Å². The number of sulfonamides is 1. The van der Waals surface area contributed by atoms with Crippen molar-refractivity contribution in [1.82, 2.24) is 9.62 Å². The Kier molecular flexibility index (Phi) is 6.48. The van der Waals surface area contributed by atoms with Crippen LogP contribution in [0.25, 0.3) is 0 Å². The Morgan fingerprint density at radius 3 is 2.39 bits per heavy atom. The Labute approximate surface area is 192 Å². The Morgan fingerprint density at radius 1 is 1.03 bits per heavy atom. The predicted octanol–water partition coefficient (Wildman–Crippen LogP) is 2.11. The fourth-order valence-corrected chi connectivity index (χ4v) is 5.57. The maximum absolute atomic E-state index is 13.0. The molecule has 174 valence electrons. The fourth-order valence-electron chi connectivity index (χ4n) is 4.10. The molecule has 0 unspecified atom stereocenters. The molecule has 4 rings (SSSR count). The van der Waals surface area contributed by atoms with Gasteiger partial charge in [0.25, 0.3) is 5.91 Å². The van der Waals surface area contributed by atoms with E-state index in [9.17, 15) is 22.8 Å². The van der Waals surface area contributed by atoms with Gasteiger partial charge in [-0.1, -0.05) is 0 Å². The first kappa shape index (κ1) is 22.9.